The van der Waals surface area contributed by atoms with E-state index in [2.05, 4.69) is 15.3 Å². The number of nitrogens with one attached hydrogen (secondary N) is 2. The molecule has 0 fully saturated rings. The van der Waals surface area contributed by atoms with Crippen molar-refractivity contribution in [2.75, 3.05) is 11.1 Å². The Morgan fingerprint density at radius 2 is 2.25 bits per heavy atom. The van der Waals surface area contributed by atoms with Crippen LogP contribution in [0.15, 0.2) is 21.3 Å². The van der Waals surface area contributed by atoms with Gasteiger partial charge >= 0.3 is 5.69 Å². The van der Waals surface area contributed by atoms with Crippen LogP contribution < -0.4 is 22.3 Å². The van der Waals surface area contributed by atoms with E-state index < -0.39 is 11.2 Å². The van der Waals surface area contributed by atoms with Crippen molar-refractivity contribution in [2.45, 2.75) is 26.9 Å². The van der Waals surface area contributed by atoms with Crippen molar-refractivity contribution in [2.24, 2.45) is 5.92 Å². The number of aromatic nitrogens is 3. The first-order chi connectivity index (χ1) is 9.49. The van der Waals surface area contributed by atoms with E-state index in [9.17, 15) is 9.59 Å². The molecule has 2 rings (SSSR count). The zero-order valence-corrected chi connectivity index (χ0v) is 12.2. The third-order valence-electron chi connectivity index (χ3n) is 2.71. The smallest absolute Gasteiger partial charge is 0.330 e. The summed E-state index contributed by atoms with van der Waals surface area (Å²) in [5.41, 5.74) is 6.89. The lowest BCUT2D eigenvalue weighted by Crippen LogP contribution is -2.35. The van der Waals surface area contributed by atoms with Gasteiger partial charge < -0.3 is 11.1 Å². The molecule has 0 unspecified atom stereocenters. The molecule has 0 aromatic carbocycles. The van der Waals surface area contributed by atoms with Gasteiger partial charge in [-0.25, -0.2) is 4.79 Å². The lowest BCUT2D eigenvalue weighted by atomic mass is 10.2. The molecule has 0 radical (unpaired) electrons. The maximum atomic E-state index is 11.8. The standard InChI is InChI=1S/C12H17N5O2S/c1-7(2)5-17-10(13)9(11(18)16-12(17)19)15-4-8-3-14-6-20-8/h3,6-7,15H,4-5,13H2,1-2H3,(H,16,18,19). The van der Waals surface area contributed by atoms with Crippen molar-refractivity contribution >= 4 is 22.8 Å². The maximum absolute atomic E-state index is 11.8. The topological polar surface area (TPSA) is 106 Å². The maximum Gasteiger partial charge on any atom is 0.330 e. The van der Waals surface area contributed by atoms with Gasteiger partial charge in [0.15, 0.2) is 0 Å². The molecule has 0 bridgehead atoms. The molecule has 108 valence electrons. The fourth-order valence-electron chi connectivity index (χ4n) is 1.81. The van der Waals surface area contributed by atoms with Crippen LogP contribution in [0.1, 0.15) is 18.7 Å². The van der Waals surface area contributed by atoms with Gasteiger partial charge in [-0.05, 0) is 5.92 Å². The Bertz CT molecular complexity index is 687. The molecule has 0 aliphatic rings. The van der Waals surface area contributed by atoms with Gasteiger partial charge in [0.05, 0.1) is 12.1 Å². The van der Waals surface area contributed by atoms with Crippen molar-refractivity contribution in [3.05, 3.63) is 37.4 Å². The molecule has 7 nitrogen and oxygen atoms in total. The molecule has 2 heterocycles. The number of rotatable bonds is 5. The first-order valence-electron chi connectivity index (χ1n) is 6.23. The van der Waals surface area contributed by atoms with Crippen LogP contribution in [-0.4, -0.2) is 14.5 Å². The van der Waals surface area contributed by atoms with E-state index in [1.807, 2.05) is 13.8 Å². The summed E-state index contributed by atoms with van der Waals surface area (Å²) < 4.78 is 1.38. The molecule has 0 saturated heterocycles. The summed E-state index contributed by atoms with van der Waals surface area (Å²) in [6, 6.07) is 0. The number of nitrogens with zero attached hydrogens (tertiary/aromatic N) is 2. The summed E-state index contributed by atoms with van der Waals surface area (Å²) in [4.78, 5) is 30.8. The third-order valence-corrected chi connectivity index (χ3v) is 3.49. The minimum Gasteiger partial charge on any atom is -0.383 e. The fourth-order valence-corrected chi connectivity index (χ4v) is 2.34. The Hall–Kier alpha value is -2.09. The first-order valence-corrected chi connectivity index (χ1v) is 7.10. The monoisotopic (exact) mass is 295 g/mol. The van der Waals surface area contributed by atoms with Gasteiger partial charge in [-0.2, -0.15) is 0 Å². The predicted octanol–water partition coefficient (Wildman–Crippen LogP) is 0.843. The fraction of sp³-hybridized carbons (Fsp3) is 0.417. The molecule has 0 amide bonds. The average Bonchev–Trinajstić information content (AvgIpc) is 2.87. The second kappa shape index (κ2) is 5.91. The number of nitrogens with two attached hydrogens (primary N) is 1. The van der Waals surface area contributed by atoms with Crippen molar-refractivity contribution < 1.29 is 0 Å². The summed E-state index contributed by atoms with van der Waals surface area (Å²) in [6.45, 7) is 4.84. The molecule has 4 N–H and O–H groups in total. The lowest BCUT2D eigenvalue weighted by molar-refractivity contribution is 0.508. The second-order valence-corrected chi connectivity index (χ2v) is 5.82. The minimum absolute atomic E-state index is 0.164. The number of hydrogen-bond donors (Lipinski definition) is 3. The van der Waals surface area contributed by atoms with Gasteiger partial charge in [0.25, 0.3) is 5.56 Å². The van der Waals surface area contributed by atoms with Crippen LogP contribution in [-0.2, 0) is 13.1 Å². The van der Waals surface area contributed by atoms with Crippen LogP contribution in [0.3, 0.4) is 0 Å². The highest BCUT2D eigenvalue weighted by Crippen LogP contribution is 2.14. The molecular formula is C12H17N5O2S. The quantitative estimate of drug-likeness (QED) is 0.758. The number of hydrogen-bond acceptors (Lipinski definition) is 6. The molecule has 2 aromatic rings. The van der Waals surface area contributed by atoms with E-state index >= 15 is 0 Å². The van der Waals surface area contributed by atoms with Crippen LogP contribution >= 0.6 is 11.3 Å². The zero-order valence-electron chi connectivity index (χ0n) is 11.3. The third kappa shape index (κ3) is 3.08. The van der Waals surface area contributed by atoms with Gasteiger partial charge in [0.1, 0.15) is 11.5 Å². The highest BCUT2D eigenvalue weighted by molar-refractivity contribution is 7.09. The Morgan fingerprint density at radius 3 is 2.85 bits per heavy atom. The Labute approximate surface area is 119 Å². The largest absolute Gasteiger partial charge is 0.383 e. The van der Waals surface area contributed by atoms with Crippen molar-refractivity contribution in [3.63, 3.8) is 0 Å². The van der Waals surface area contributed by atoms with Gasteiger partial charge in [0.2, 0.25) is 0 Å². The molecule has 2 aromatic heterocycles. The minimum atomic E-state index is -0.503. The van der Waals surface area contributed by atoms with Crippen LogP contribution in [0, 0.1) is 5.92 Å². The van der Waals surface area contributed by atoms with E-state index in [0.717, 1.165) is 4.88 Å². The first kappa shape index (κ1) is 14.3. The van der Waals surface area contributed by atoms with E-state index in [1.165, 1.54) is 15.9 Å². The van der Waals surface area contributed by atoms with E-state index in [4.69, 9.17) is 5.73 Å². The van der Waals surface area contributed by atoms with Gasteiger partial charge in [-0.15, -0.1) is 11.3 Å². The normalized spacial score (nSPS) is 10.9. The highest BCUT2D eigenvalue weighted by Gasteiger charge is 2.13. The van der Waals surface area contributed by atoms with Gasteiger partial charge in [-0.1, -0.05) is 13.8 Å². The van der Waals surface area contributed by atoms with Crippen molar-refractivity contribution in [1.29, 1.82) is 0 Å². The molecule has 0 saturated carbocycles. The predicted molar refractivity (Wildman–Crippen MR) is 80.0 cm³/mol. The number of anilines is 2. The molecule has 0 aliphatic heterocycles. The average molecular weight is 295 g/mol. The SMILES string of the molecule is CC(C)Cn1c(N)c(NCc2cncs2)c(=O)[nH]c1=O. The second-order valence-electron chi connectivity index (χ2n) is 4.85. The summed E-state index contributed by atoms with van der Waals surface area (Å²) >= 11 is 1.48. The molecule has 0 spiro atoms. The highest BCUT2D eigenvalue weighted by atomic mass is 32.1. The summed E-state index contributed by atoms with van der Waals surface area (Å²) in [6.07, 6.45) is 1.71. The molecule has 20 heavy (non-hydrogen) atoms. The van der Waals surface area contributed by atoms with E-state index in [0.29, 0.717) is 13.1 Å². The molecular weight excluding hydrogens is 278 g/mol. The van der Waals surface area contributed by atoms with Crippen LogP contribution in [0.2, 0.25) is 0 Å². The van der Waals surface area contributed by atoms with Crippen LogP contribution in [0.25, 0.3) is 0 Å². The summed E-state index contributed by atoms with van der Waals surface area (Å²) in [7, 11) is 0. The van der Waals surface area contributed by atoms with E-state index in [1.54, 1.807) is 11.7 Å². The number of aromatic amines is 1. The number of nitrogen functional groups attached to an aromatic ring is 1. The van der Waals surface area contributed by atoms with Crippen LogP contribution in [0.5, 0.6) is 0 Å². The summed E-state index contributed by atoms with van der Waals surface area (Å²) in [5, 5.41) is 2.97. The molecule has 8 heteroatoms. The lowest BCUT2D eigenvalue weighted by Gasteiger charge is -2.14. The summed E-state index contributed by atoms with van der Waals surface area (Å²) in [5.74, 6) is 0.409. The Balaban J connectivity index is 2.32. The Morgan fingerprint density at radius 1 is 1.50 bits per heavy atom. The van der Waals surface area contributed by atoms with Gasteiger partial charge in [-0.3, -0.25) is 19.3 Å². The van der Waals surface area contributed by atoms with E-state index in [-0.39, 0.29) is 17.4 Å². The zero-order chi connectivity index (χ0) is 14.7. The van der Waals surface area contributed by atoms with Crippen molar-refractivity contribution in [1.82, 2.24) is 14.5 Å². The Kier molecular flexibility index (Phi) is 4.23. The molecule has 0 atom stereocenters. The van der Waals surface area contributed by atoms with Crippen molar-refractivity contribution in [3.8, 4) is 0 Å². The number of thiazole rings is 1. The number of H-pyrrole nitrogens is 1. The molecule has 0 aliphatic carbocycles. The van der Waals surface area contributed by atoms with Crippen LogP contribution in [0.4, 0.5) is 11.5 Å². The van der Waals surface area contributed by atoms with Gasteiger partial charge in [0, 0.05) is 17.6 Å².